The molecule has 2 aliphatic rings. The van der Waals surface area contributed by atoms with Gasteiger partial charge in [-0.2, -0.15) is 0 Å². The number of ether oxygens (including phenoxy) is 1. The van der Waals surface area contributed by atoms with Crippen LogP contribution in [0.5, 0.6) is 0 Å². The fourth-order valence-electron chi connectivity index (χ4n) is 3.18. The van der Waals surface area contributed by atoms with Crippen LogP contribution in [0.15, 0.2) is 0 Å². The molecule has 2 saturated heterocycles. The van der Waals surface area contributed by atoms with Crippen LogP contribution in [0.1, 0.15) is 45.4 Å². The summed E-state index contributed by atoms with van der Waals surface area (Å²) < 4.78 is 5.42. The van der Waals surface area contributed by atoms with E-state index in [1.54, 1.807) is 0 Å². The molecule has 18 heavy (non-hydrogen) atoms. The lowest BCUT2D eigenvalue weighted by Crippen LogP contribution is -2.36. The summed E-state index contributed by atoms with van der Waals surface area (Å²) in [7, 11) is 0. The molecule has 1 unspecified atom stereocenters. The molecule has 2 aliphatic heterocycles. The Hall–Kier alpha value is -0.120. The topological polar surface area (TPSA) is 24.5 Å². The maximum atomic E-state index is 5.42. The molecule has 0 aliphatic carbocycles. The van der Waals surface area contributed by atoms with Gasteiger partial charge in [-0.1, -0.05) is 6.92 Å². The van der Waals surface area contributed by atoms with E-state index in [9.17, 15) is 0 Å². The zero-order valence-corrected chi connectivity index (χ0v) is 12.0. The normalized spacial score (nSPS) is 28.2. The van der Waals surface area contributed by atoms with Gasteiger partial charge in [-0.3, -0.25) is 0 Å². The fourth-order valence-corrected chi connectivity index (χ4v) is 3.18. The van der Waals surface area contributed by atoms with E-state index in [-0.39, 0.29) is 0 Å². The van der Waals surface area contributed by atoms with Gasteiger partial charge in [-0.25, -0.2) is 0 Å². The van der Waals surface area contributed by atoms with Crippen molar-refractivity contribution in [3.05, 3.63) is 0 Å². The van der Waals surface area contributed by atoms with Crippen molar-refractivity contribution in [1.82, 2.24) is 10.2 Å². The average molecular weight is 254 g/mol. The Morgan fingerprint density at radius 3 is 2.72 bits per heavy atom. The van der Waals surface area contributed by atoms with Crippen LogP contribution in [0.3, 0.4) is 0 Å². The molecule has 0 aromatic carbocycles. The summed E-state index contributed by atoms with van der Waals surface area (Å²) in [6, 6.07) is 0.759. The van der Waals surface area contributed by atoms with E-state index < -0.39 is 0 Å². The van der Waals surface area contributed by atoms with E-state index in [2.05, 4.69) is 17.1 Å². The number of nitrogens with one attached hydrogen (secondary N) is 1. The van der Waals surface area contributed by atoms with E-state index in [4.69, 9.17) is 4.74 Å². The van der Waals surface area contributed by atoms with Gasteiger partial charge < -0.3 is 15.0 Å². The van der Waals surface area contributed by atoms with E-state index >= 15 is 0 Å². The van der Waals surface area contributed by atoms with Crippen LogP contribution in [0.2, 0.25) is 0 Å². The predicted octanol–water partition coefficient (Wildman–Crippen LogP) is 2.27. The number of rotatable bonds is 5. The van der Waals surface area contributed by atoms with Gasteiger partial charge in [0.15, 0.2) is 0 Å². The van der Waals surface area contributed by atoms with Crippen molar-refractivity contribution in [3.8, 4) is 0 Å². The highest BCUT2D eigenvalue weighted by Crippen LogP contribution is 2.16. The minimum Gasteiger partial charge on any atom is -0.381 e. The average Bonchev–Trinajstić information content (AvgIpc) is 2.64. The van der Waals surface area contributed by atoms with Gasteiger partial charge in [-0.05, 0) is 70.6 Å². The van der Waals surface area contributed by atoms with E-state index in [0.29, 0.717) is 0 Å². The standard InChI is InChI=1S/C15H30N2O/c1-2-8-17-9-3-4-15(5-10-17)16-13-14-6-11-18-12-7-14/h14-16H,2-13H2,1H3. The smallest absolute Gasteiger partial charge is 0.0469 e. The molecular weight excluding hydrogens is 224 g/mol. The quantitative estimate of drug-likeness (QED) is 0.814. The van der Waals surface area contributed by atoms with Crippen molar-refractivity contribution >= 4 is 0 Å². The number of nitrogens with zero attached hydrogens (tertiary/aromatic N) is 1. The Labute approximate surface area is 112 Å². The first kappa shape index (κ1) is 14.3. The molecule has 0 radical (unpaired) electrons. The summed E-state index contributed by atoms with van der Waals surface area (Å²) in [6.45, 7) is 9.32. The maximum Gasteiger partial charge on any atom is 0.0469 e. The highest BCUT2D eigenvalue weighted by atomic mass is 16.5. The van der Waals surface area contributed by atoms with Crippen LogP contribution in [0.4, 0.5) is 0 Å². The van der Waals surface area contributed by atoms with Gasteiger partial charge in [0.25, 0.3) is 0 Å². The predicted molar refractivity (Wildman–Crippen MR) is 75.9 cm³/mol. The van der Waals surface area contributed by atoms with Crippen molar-refractivity contribution < 1.29 is 4.74 Å². The SMILES string of the molecule is CCCN1CCCC(NCC2CCOCC2)CC1. The van der Waals surface area contributed by atoms with E-state index in [1.165, 1.54) is 64.7 Å². The second-order valence-corrected chi connectivity index (χ2v) is 5.93. The lowest BCUT2D eigenvalue weighted by Gasteiger charge is -2.25. The third-order valence-corrected chi connectivity index (χ3v) is 4.40. The second kappa shape index (κ2) is 8.13. The first-order valence-electron chi connectivity index (χ1n) is 7.92. The molecule has 2 rings (SSSR count). The summed E-state index contributed by atoms with van der Waals surface area (Å²) in [5.41, 5.74) is 0. The largest absolute Gasteiger partial charge is 0.381 e. The molecule has 1 N–H and O–H groups in total. The summed E-state index contributed by atoms with van der Waals surface area (Å²) >= 11 is 0. The fraction of sp³-hybridized carbons (Fsp3) is 1.00. The molecule has 0 spiro atoms. The van der Waals surface area contributed by atoms with Gasteiger partial charge in [0.1, 0.15) is 0 Å². The molecular formula is C15H30N2O. The van der Waals surface area contributed by atoms with E-state index in [1.807, 2.05) is 0 Å². The lowest BCUT2D eigenvalue weighted by molar-refractivity contribution is 0.0653. The summed E-state index contributed by atoms with van der Waals surface area (Å²) in [6.07, 6.45) is 7.86. The first-order valence-corrected chi connectivity index (χ1v) is 7.92. The van der Waals surface area contributed by atoms with Crippen LogP contribution in [0.25, 0.3) is 0 Å². The Kier molecular flexibility index (Phi) is 6.46. The van der Waals surface area contributed by atoms with Crippen LogP contribution < -0.4 is 5.32 Å². The van der Waals surface area contributed by atoms with Crippen LogP contribution in [-0.4, -0.2) is 50.3 Å². The zero-order chi connectivity index (χ0) is 12.6. The summed E-state index contributed by atoms with van der Waals surface area (Å²) in [5, 5.41) is 3.81. The van der Waals surface area contributed by atoms with Gasteiger partial charge in [0.05, 0.1) is 0 Å². The highest BCUT2D eigenvalue weighted by Gasteiger charge is 2.18. The monoisotopic (exact) mass is 254 g/mol. The van der Waals surface area contributed by atoms with Crippen molar-refractivity contribution in [2.45, 2.75) is 51.5 Å². The first-order chi connectivity index (χ1) is 8.88. The molecule has 0 amide bonds. The number of hydrogen-bond acceptors (Lipinski definition) is 3. The van der Waals surface area contributed by atoms with Crippen molar-refractivity contribution in [2.75, 3.05) is 39.4 Å². The van der Waals surface area contributed by atoms with Gasteiger partial charge in [0, 0.05) is 19.3 Å². The van der Waals surface area contributed by atoms with Crippen LogP contribution >= 0.6 is 0 Å². The van der Waals surface area contributed by atoms with Crippen molar-refractivity contribution in [2.24, 2.45) is 5.92 Å². The number of hydrogen-bond donors (Lipinski definition) is 1. The van der Waals surface area contributed by atoms with Gasteiger partial charge >= 0.3 is 0 Å². The molecule has 0 aromatic rings. The Morgan fingerprint density at radius 2 is 1.94 bits per heavy atom. The molecule has 3 heteroatoms. The van der Waals surface area contributed by atoms with Gasteiger partial charge in [0.2, 0.25) is 0 Å². The third-order valence-electron chi connectivity index (χ3n) is 4.40. The second-order valence-electron chi connectivity index (χ2n) is 5.93. The molecule has 3 nitrogen and oxygen atoms in total. The lowest BCUT2D eigenvalue weighted by atomic mass is 9.99. The van der Waals surface area contributed by atoms with Crippen LogP contribution in [-0.2, 0) is 4.74 Å². The van der Waals surface area contributed by atoms with Gasteiger partial charge in [-0.15, -0.1) is 0 Å². The Morgan fingerprint density at radius 1 is 1.11 bits per heavy atom. The summed E-state index contributed by atoms with van der Waals surface area (Å²) in [5.74, 6) is 0.855. The highest BCUT2D eigenvalue weighted by molar-refractivity contribution is 4.76. The van der Waals surface area contributed by atoms with Crippen molar-refractivity contribution in [1.29, 1.82) is 0 Å². The summed E-state index contributed by atoms with van der Waals surface area (Å²) in [4.78, 5) is 2.64. The Bertz CT molecular complexity index is 217. The molecule has 2 fully saturated rings. The molecule has 0 saturated carbocycles. The minimum absolute atomic E-state index is 0.759. The molecule has 106 valence electrons. The molecule has 1 atom stereocenters. The third kappa shape index (κ3) is 4.87. The zero-order valence-electron chi connectivity index (χ0n) is 12.0. The molecule has 2 heterocycles. The maximum absolute atomic E-state index is 5.42. The minimum atomic E-state index is 0.759. The van der Waals surface area contributed by atoms with Crippen LogP contribution in [0, 0.1) is 5.92 Å². The van der Waals surface area contributed by atoms with Crippen molar-refractivity contribution in [3.63, 3.8) is 0 Å². The molecule has 0 bridgehead atoms. The Balaban J connectivity index is 1.63. The van der Waals surface area contributed by atoms with E-state index in [0.717, 1.165) is 25.2 Å². The molecule has 0 aromatic heterocycles. The number of likely N-dealkylation sites (tertiary alicyclic amines) is 1.